The Labute approximate surface area is 144 Å². The minimum atomic E-state index is -0.141. The topological polar surface area (TPSA) is 84.4 Å². The van der Waals surface area contributed by atoms with Crippen LogP contribution in [0.1, 0.15) is 41.0 Å². The molecule has 7 heteroatoms. The second kappa shape index (κ2) is 6.33. The summed E-state index contributed by atoms with van der Waals surface area (Å²) in [4.78, 5) is 14.7. The molecule has 0 bridgehead atoms. The standard InChI is InChI=1S/C18H20N4O3/c1-21-16(11-23)19-20-17(21)13-6-4-8-22(10-13)18(24)15-9-12-5-2-3-7-14(12)25-15/h2-3,5,7,9,13,23H,4,6,8,10-11H2,1H3/t13-/m0/s1. The van der Waals surface area contributed by atoms with Crippen molar-refractivity contribution in [1.82, 2.24) is 19.7 Å². The van der Waals surface area contributed by atoms with Crippen LogP contribution in [-0.2, 0) is 13.7 Å². The first-order valence-electron chi connectivity index (χ1n) is 8.44. The highest BCUT2D eigenvalue weighted by atomic mass is 16.3. The highest BCUT2D eigenvalue weighted by Gasteiger charge is 2.30. The molecule has 1 saturated heterocycles. The summed E-state index contributed by atoms with van der Waals surface area (Å²) in [5, 5.41) is 18.4. The Morgan fingerprint density at radius 1 is 1.36 bits per heavy atom. The van der Waals surface area contributed by atoms with Gasteiger partial charge in [-0.05, 0) is 25.0 Å². The van der Waals surface area contributed by atoms with E-state index in [1.165, 1.54) is 0 Å². The van der Waals surface area contributed by atoms with Gasteiger partial charge in [0.25, 0.3) is 5.91 Å². The van der Waals surface area contributed by atoms with E-state index in [9.17, 15) is 9.90 Å². The number of para-hydroxylation sites is 1. The fourth-order valence-electron chi connectivity index (χ4n) is 3.48. The third-order valence-electron chi connectivity index (χ3n) is 4.85. The Hall–Kier alpha value is -2.67. The van der Waals surface area contributed by atoms with Crippen molar-refractivity contribution in [3.05, 3.63) is 47.7 Å². The summed E-state index contributed by atoms with van der Waals surface area (Å²) in [5.41, 5.74) is 0.722. The molecule has 1 amide bonds. The van der Waals surface area contributed by atoms with E-state index in [2.05, 4.69) is 10.2 Å². The van der Waals surface area contributed by atoms with Crippen molar-refractivity contribution in [2.24, 2.45) is 7.05 Å². The van der Waals surface area contributed by atoms with Crippen LogP contribution in [0.4, 0.5) is 0 Å². The van der Waals surface area contributed by atoms with Crippen molar-refractivity contribution in [1.29, 1.82) is 0 Å². The number of aromatic nitrogens is 3. The lowest BCUT2D eigenvalue weighted by atomic mass is 9.97. The molecule has 1 aliphatic heterocycles. The van der Waals surface area contributed by atoms with Gasteiger partial charge in [-0.25, -0.2) is 0 Å². The number of piperidine rings is 1. The first kappa shape index (κ1) is 15.8. The number of fused-ring (bicyclic) bond motifs is 1. The zero-order valence-electron chi connectivity index (χ0n) is 14.1. The lowest BCUT2D eigenvalue weighted by molar-refractivity contribution is 0.0673. The molecule has 3 aromatic rings. The second-order valence-electron chi connectivity index (χ2n) is 6.43. The Balaban J connectivity index is 1.56. The van der Waals surface area contributed by atoms with Crippen LogP contribution in [-0.4, -0.2) is 43.8 Å². The van der Waals surface area contributed by atoms with Crippen molar-refractivity contribution in [2.75, 3.05) is 13.1 Å². The van der Waals surface area contributed by atoms with E-state index >= 15 is 0 Å². The normalized spacial score (nSPS) is 18.0. The molecule has 1 N–H and O–H groups in total. The maximum Gasteiger partial charge on any atom is 0.289 e. The molecule has 1 fully saturated rings. The van der Waals surface area contributed by atoms with Gasteiger partial charge in [-0.15, -0.1) is 10.2 Å². The molecule has 2 aromatic heterocycles. The molecule has 0 unspecified atom stereocenters. The number of amides is 1. The average Bonchev–Trinajstić information content (AvgIpc) is 3.24. The van der Waals surface area contributed by atoms with E-state index in [-0.39, 0.29) is 18.4 Å². The Morgan fingerprint density at radius 2 is 2.20 bits per heavy atom. The number of aliphatic hydroxyl groups is 1. The summed E-state index contributed by atoms with van der Waals surface area (Å²) in [6, 6.07) is 9.42. The Kier molecular flexibility index (Phi) is 4.01. The summed E-state index contributed by atoms with van der Waals surface area (Å²) in [7, 11) is 1.85. The first-order valence-corrected chi connectivity index (χ1v) is 8.44. The molecule has 4 rings (SSSR count). The molecule has 25 heavy (non-hydrogen) atoms. The van der Waals surface area contributed by atoms with Gasteiger partial charge in [-0.3, -0.25) is 4.79 Å². The lowest BCUT2D eigenvalue weighted by Crippen LogP contribution is -2.39. The van der Waals surface area contributed by atoms with Crippen molar-refractivity contribution in [3.63, 3.8) is 0 Å². The minimum absolute atomic E-state index is 0.0922. The fraction of sp³-hybridized carbons (Fsp3) is 0.389. The van der Waals surface area contributed by atoms with Crippen LogP contribution in [0.3, 0.4) is 0 Å². The van der Waals surface area contributed by atoms with Gasteiger partial charge in [0.1, 0.15) is 18.0 Å². The molecular formula is C18H20N4O3. The highest BCUT2D eigenvalue weighted by molar-refractivity contribution is 5.96. The zero-order chi connectivity index (χ0) is 17.4. The van der Waals surface area contributed by atoms with Crippen LogP contribution in [0.2, 0.25) is 0 Å². The lowest BCUT2D eigenvalue weighted by Gasteiger charge is -2.31. The molecule has 0 spiro atoms. The maximum atomic E-state index is 12.8. The number of carbonyl (C=O) groups excluding carboxylic acids is 1. The van der Waals surface area contributed by atoms with Crippen LogP contribution in [0.25, 0.3) is 11.0 Å². The van der Waals surface area contributed by atoms with Gasteiger partial charge >= 0.3 is 0 Å². The van der Waals surface area contributed by atoms with E-state index in [1.807, 2.05) is 40.8 Å². The van der Waals surface area contributed by atoms with Crippen LogP contribution in [0.5, 0.6) is 0 Å². The minimum Gasteiger partial charge on any atom is -0.451 e. The van der Waals surface area contributed by atoms with Gasteiger partial charge in [-0.2, -0.15) is 0 Å². The number of furan rings is 1. The van der Waals surface area contributed by atoms with Gasteiger partial charge in [0.05, 0.1) is 0 Å². The van der Waals surface area contributed by atoms with Gasteiger partial charge in [0.2, 0.25) is 0 Å². The van der Waals surface area contributed by atoms with E-state index in [1.54, 1.807) is 6.07 Å². The SMILES string of the molecule is Cn1c(CO)nnc1[C@H]1CCCN(C(=O)c2cc3ccccc3o2)C1. The molecular weight excluding hydrogens is 320 g/mol. The monoisotopic (exact) mass is 340 g/mol. The molecule has 130 valence electrons. The molecule has 1 aliphatic rings. The number of hydrogen-bond acceptors (Lipinski definition) is 5. The fourth-order valence-corrected chi connectivity index (χ4v) is 3.48. The predicted octanol–water partition coefficient (Wildman–Crippen LogP) is 2.07. The third kappa shape index (κ3) is 2.80. The molecule has 1 aromatic carbocycles. The van der Waals surface area contributed by atoms with Gasteiger partial charge in [-0.1, -0.05) is 18.2 Å². The largest absolute Gasteiger partial charge is 0.451 e. The number of hydrogen-bond donors (Lipinski definition) is 1. The number of rotatable bonds is 3. The third-order valence-corrected chi connectivity index (χ3v) is 4.85. The van der Waals surface area contributed by atoms with Crippen molar-refractivity contribution >= 4 is 16.9 Å². The van der Waals surface area contributed by atoms with Crippen LogP contribution >= 0.6 is 0 Å². The first-order chi connectivity index (χ1) is 12.2. The summed E-state index contributed by atoms with van der Waals surface area (Å²) in [6.45, 7) is 1.14. The molecule has 0 aliphatic carbocycles. The zero-order valence-corrected chi connectivity index (χ0v) is 14.1. The molecule has 3 heterocycles. The van der Waals surface area contributed by atoms with Crippen molar-refractivity contribution in [2.45, 2.75) is 25.4 Å². The van der Waals surface area contributed by atoms with Gasteiger partial charge < -0.3 is 19.0 Å². The van der Waals surface area contributed by atoms with Gasteiger partial charge in [0, 0.05) is 31.4 Å². The average molecular weight is 340 g/mol. The van der Waals surface area contributed by atoms with Crippen molar-refractivity contribution in [3.8, 4) is 0 Å². The van der Waals surface area contributed by atoms with Gasteiger partial charge in [0.15, 0.2) is 11.6 Å². The molecule has 7 nitrogen and oxygen atoms in total. The number of likely N-dealkylation sites (tertiary alicyclic amines) is 1. The number of carbonyl (C=O) groups is 1. The number of nitrogens with zero attached hydrogens (tertiary/aromatic N) is 4. The Morgan fingerprint density at radius 3 is 2.96 bits per heavy atom. The van der Waals surface area contributed by atoms with E-state index in [0.717, 1.165) is 29.6 Å². The summed E-state index contributed by atoms with van der Waals surface area (Å²) in [6.07, 6.45) is 1.85. The molecule has 0 radical (unpaired) electrons. The number of benzene rings is 1. The summed E-state index contributed by atoms with van der Waals surface area (Å²) in [5.74, 6) is 1.74. The second-order valence-corrected chi connectivity index (χ2v) is 6.43. The van der Waals surface area contributed by atoms with E-state index in [0.29, 0.717) is 24.7 Å². The molecule has 0 saturated carbocycles. The number of aliphatic hydroxyl groups excluding tert-OH is 1. The predicted molar refractivity (Wildman–Crippen MR) is 91.0 cm³/mol. The van der Waals surface area contributed by atoms with Crippen LogP contribution < -0.4 is 0 Å². The maximum absolute atomic E-state index is 12.8. The molecule has 1 atom stereocenters. The smallest absolute Gasteiger partial charge is 0.289 e. The van der Waals surface area contributed by atoms with Crippen LogP contribution in [0, 0.1) is 0 Å². The quantitative estimate of drug-likeness (QED) is 0.789. The summed E-state index contributed by atoms with van der Waals surface area (Å²) < 4.78 is 7.53. The highest BCUT2D eigenvalue weighted by Crippen LogP contribution is 2.28. The van der Waals surface area contributed by atoms with Crippen LogP contribution in [0.15, 0.2) is 34.7 Å². The van der Waals surface area contributed by atoms with E-state index < -0.39 is 0 Å². The van der Waals surface area contributed by atoms with E-state index in [4.69, 9.17) is 4.42 Å². The summed E-state index contributed by atoms with van der Waals surface area (Å²) >= 11 is 0. The Bertz CT molecular complexity index is 881. The van der Waals surface area contributed by atoms with Crippen molar-refractivity contribution < 1.29 is 14.3 Å².